The van der Waals surface area contributed by atoms with E-state index in [4.69, 9.17) is 0 Å². The summed E-state index contributed by atoms with van der Waals surface area (Å²) in [4.78, 5) is 26.7. The Balaban J connectivity index is 1.48. The van der Waals surface area contributed by atoms with Crippen LogP contribution in [-0.2, 0) is 11.0 Å². The molecular formula is C24H19F3N2O2S. The number of halogens is 3. The van der Waals surface area contributed by atoms with Crippen LogP contribution in [0.1, 0.15) is 32.4 Å². The summed E-state index contributed by atoms with van der Waals surface area (Å²) < 4.78 is 38.1. The van der Waals surface area contributed by atoms with E-state index in [0.29, 0.717) is 11.4 Å². The highest BCUT2D eigenvalue weighted by molar-refractivity contribution is 8.00. The second-order valence-electron chi connectivity index (χ2n) is 7.42. The molecule has 8 heteroatoms. The molecule has 3 aromatic rings. The van der Waals surface area contributed by atoms with E-state index in [1.54, 1.807) is 17.0 Å². The molecular weight excluding hydrogens is 437 g/mol. The highest BCUT2D eigenvalue weighted by atomic mass is 32.2. The number of hydrogen-bond donors (Lipinski definition) is 1. The number of alkyl halides is 3. The van der Waals surface area contributed by atoms with Gasteiger partial charge in [-0.3, -0.25) is 14.5 Å². The lowest BCUT2D eigenvalue weighted by Crippen LogP contribution is -2.27. The molecule has 3 aromatic carbocycles. The Morgan fingerprint density at radius 2 is 1.72 bits per heavy atom. The van der Waals surface area contributed by atoms with Crippen molar-refractivity contribution in [3.63, 3.8) is 0 Å². The van der Waals surface area contributed by atoms with Gasteiger partial charge in [0.1, 0.15) is 5.37 Å². The number of anilines is 2. The van der Waals surface area contributed by atoms with E-state index >= 15 is 0 Å². The topological polar surface area (TPSA) is 49.4 Å². The average molecular weight is 456 g/mol. The van der Waals surface area contributed by atoms with Gasteiger partial charge < -0.3 is 5.32 Å². The summed E-state index contributed by atoms with van der Waals surface area (Å²) in [5, 5.41) is 2.51. The van der Waals surface area contributed by atoms with Gasteiger partial charge >= 0.3 is 6.18 Å². The summed E-state index contributed by atoms with van der Waals surface area (Å²) in [5.41, 5.74) is 2.65. The Morgan fingerprint density at radius 1 is 1.03 bits per heavy atom. The van der Waals surface area contributed by atoms with Crippen LogP contribution in [-0.4, -0.2) is 17.6 Å². The Morgan fingerprint density at radius 3 is 2.34 bits per heavy atom. The maximum absolute atomic E-state index is 12.7. The standard InChI is InChI=1S/C24H19F3N2O2S/c1-15-3-2-4-20(13-15)29-21(30)14-32-23(29)17-7-11-19(12-8-17)28-22(31)16-5-9-18(10-6-16)24(25,26)27/h2-13,23H,14H2,1H3,(H,28,31). The van der Waals surface area contributed by atoms with Gasteiger partial charge in [-0.2, -0.15) is 13.2 Å². The summed E-state index contributed by atoms with van der Waals surface area (Å²) in [6, 6.07) is 18.9. The maximum Gasteiger partial charge on any atom is 0.416 e. The van der Waals surface area contributed by atoms with E-state index in [2.05, 4.69) is 5.32 Å². The van der Waals surface area contributed by atoms with E-state index in [9.17, 15) is 22.8 Å². The van der Waals surface area contributed by atoms with Gasteiger partial charge in [0.25, 0.3) is 5.91 Å². The summed E-state index contributed by atoms with van der Waals surface area (Å²) in [5.74, 6) is -0.0889. The van der Waals surface area contributed by atoms with Crippen LogP contribution in [0.5, 0.6) is 0 Å². The average Bonchev–Trinajstić information content (AvgIpc) is 3.15. The summed E-state index contributed by atoms with van der Waals surface area (Å²) in [6.07, 6.45) is -4.45. The molecule has 1 heterocycles. The molecule has 1 aliphatic rings. The molecule has 0 spiro atoms. The maximum atomic E-state index is 12.7. The Hall–Kier alpha value is -3.26. The number of hydrogen-bond acceptors (Lipinski definition) is 3. The quantitative estimate of drug-likeness (QED) is 0.520. The molecule has 1 aliphatic heterocycles. The normalized spacial score (nSPS) is 16.3. The molecule has 0 saturated carbocycles. The monoisotopic (exact) mass is 456 g/mol. The number of thioether (sulfide) groups is 1. The van der Waals surface area contributed by atoms with Gasteiger partial charge in [-0.25, -0.2) is 0 Å². The van der Waals surface area contributed by atoms with Gasteiger partial charge in [0.05, 0.1) is 11.3 Å². The minimum Gasteiger partial charge on any atom is -0.322 e. The highest BCUT2D eigenvalue weighted by Crippen LogP contribution is 2.42. The van der Waals surface area contributed by atoms with Crippen molar-refractivity contribution in [1.82, 2.24) is 0 Å². The van der Waals surface area contributed by atoms with Gasteiger partial charge in [0.15, 0.2) is 0 Å². The number of benzene rings is 3. The third-order valence-corrected chi connectivity index (χ3v) is 6.29. The summed E-state index contributed by atoms with van der Waals surface area (Å²) in [6.45, 7) is 1.97. The van der Waals surface area contributed by atoms with Gasteiger partial charge in [-0.1, -0.05) is 24.3 Å². The Kier molecular flexibility index (Phi) is 5.97. The zero-order valence-electron chi connectivity index (χ0n) is 17.0. The van der Waals surface area contributed by atoms with Crippen molar-refractivity contribution >= 4 is 35.0 Å². The summed E-state index contributed by atoms with van der Waals surface area (Å²) in [7, 11) is 0. The predicted octanol–water partition coefficient (Wildman–Crippen LogP) is 6.04. The number of carbonyl (C=O) groups is 2. The van der Waals surface area contributed by atoms with E-state index < -0.39 is 17.6 Å². The SMILES string of the molecule is Cc1cccc(N2C(=O)CSC2c2ccc(NC(=O)c3ccc(C(F)(F)F)cc3)cc2)c1. The first-order valence-corrected chi connectivity index (χ1v) is 10.9. The molecule has 1 unspecified atom stereocenters. The Labute approximate surface area is 187 Å². The lowest BCUT2D eigenvalue weighted by atomic mass is 10.1. The fraction of sp³-hybridized carbons (Fsp3) is 0.167. The first-order valence-electron chi connectivity index (χ1n) is 9.81. The molecule has 4 rings (SSSR count). The number of carbonyl (C=O) groups excluding carboxylic acids is 2. The van der Waals surface area contributed by atoms with Gasteiger partial charge in [0, 0.05) is 16.9 Å². The van der Waals surface area contributed by atoms with Crippen molar-refractivity contribution in [2.75, 3.05) is 16.0 Å². The largest absolute Gasteiger partial charge is 0.416 e. The lowest BCUT2D eigenvalue weighted by molar-refractivity contribution is -0.137. The van der Waals surface area contributed by atoms with Crippen molar-refractivity contribution in [2.45, 2.75) is 18.5 Å². The molecule has 0 radical (unpaired) electrons. The molecule has 32 heavy (non-hydrogen) atoms. The highest BCUT2D eigenvalue weighted by Gasteiger charge is 2.34. The fourth-order valence-electron chi connectivity index (χ4n) is 3.47. The van der Waals surface area contributed by atoms with Crippen LogP contribution in [0.2, 0.25) is 0 Å². The first kappa shape index (κ1) is 22.0. The minimum absolute atomic E-state index is 0.0327. The number of amides is 2. The molecule has 1 N–H and O–H groups in total. The molecule has 1 atom stereocenters. The second kappa shape index (κ2) is 8.70. The molecule has 164 valence electrons. The zero-order chi connectivity index (χ0) is 22.9. The molecule has 1 saturated heterocycles. The fourth-order valence-corrected chi connectivity index (χ4v) is 4.65. The van der Waals surface area contributed by atoms with Crippen molar-refractivity contribution in [2.24, 2.45) is 0 Å². The lowest BCUT2D eigenvalue weighted by Gasteiger charge is -2.25. The zero-order valence-corrected chi connectivity index (χ0v) is 17.8. The van der Waals surface area contributed by atoms with Gasteiger partial charge in [-0.05, 0) is 66.6 Å². The third kappa shape index (κ3) is 4.65. The third-order valence-electron chi connectivity index (χ3n) is 5.08. The number of nitrogens with one attached hydrogen (secondary N) is 1. The number of rotatable bonds is 4. The first-order chi connectivity index (χ1) is 15.2. The Bertz CT molecular complexity index is 1150. The van der Waals surface area contributed by atoms with Crippen molar-refractivity contribution in [3.8, 4) is 0 Å². The predicted molar refractivity (Wildman–Crippen MR) is 120 cm³/mol. The van der Waals surface area contributed by atoms with Crippen molar-refractivity contribution < 1.29 is 22.8 Å². The molecule has 0 bridgehead atoms. The molecule has 0 aliphatic carbocycles. The van der Waals surface area contributed by atoms with Crippen LogP contribution in [0.25, 0.3) is 0 Å². The van der Waals surface area contributed by atoms with E-state index in [0.717, 1.165) is 41.1 Å². The van der Waals surface area contributed by atoms with Crippen LogP contribution < -0.4 is 10.2 Å². The smallest absolute Gasteiger partial charge is 0.322 e. The van der Waals surface area contributed by atoms with E-state index in [-0.39, 0.29) is 16.8 Å². The molecule has 1 fully saturated rings. The molecule has 4 nitrogen and oxygen atoms in total. The van der Waals surface area contributed by atoms with Crippen LogP contribution in [0.15, 0.2) is 72.8 Å². The number of aryl methyl sites for hydroxylation is 1. The summed E-state index contributed by atoms with van der Waals surface area (Å²) >= 11 is 1.53. The van der Waals surface area contributed by atoms with E-state index in [1.807, 2.05) is 43.3 Å². The van der Waals surface area contributed by atoms with Gasteiger partial charge in [0.2, 0.25) is 5.91 Å². The van der Waals surface area contributed by atoms with Crippen LogP contribution >= 0.6 is 11.8 Å². The molecule has 2 amide bonds. The van der Waals surface area contributed by atoms with Crippen molar-refractivity contribution in [1.29, 1.82) is 0 Å². The number of nitrogens with zero attached hydrogens (tertiary/aromatic N) is 1. The molecule has 0 aromatic heterocycles. The van der Waals surface area contributed by atoms with Crippen LogP contribution in [0, 0.1) is 6.92 Å². The second-order valence-corrected chi connectivity index (χ2v) is 8.49. The van der Waals surface area contributed by atoms with Crippen LogP contribution in [0.3, 0.4) is 0 Å². The minimum atomic E-state index is -4.45. The van der Waals surface area contributed by atoms with Crippen molar-refractivity contribution in [3.05, 3.63) is 95.1 Å². The van der Waals surface area contributed by atoms with Gasteiger partial charge in [-0.15, -0.1) is 11.8 Å². The van der Waals surface area contributed by atoms with E-state index in [1.165, 1.54) is 11.8 Å². The van der Waals surface area contributed by atoms with Crippen LogP contribution in [0.4, 0.5) is 24.5 Å².